The minimum Gasteiger partial charge on any atom is -0.354 e. The minimum atomic E-state index is 0.146. The molecule has 2 heterocycles. The van der Waals surface area contributed by atoms with Gasteiger partial charge in [0.25, 0.3) is 0 Å². The average Bonchev–Trinajstić information content (AvgIpc) is 3.09. The number of nitrogens with zero attached hydrogens (tertiary/aromatic N) is 3. The number of anilines is 1. The van der Waals surface area contributed by atoms with E-state index in [1.54, 1.807) is 0 Å². The van der Waals surface area contributed by atoms with Gasteiger partial charge in [0.15, 0.2) is 0 Å². The van der Waals surface area contributed by atoms with E-state index in [4.69, 9.17) is 5.73 Å². The quantitative estimate of drug-likeness (QED) is 0.833. The monoisotopic (exact) mass is 232 g/mol. The summed E-state index contributed by atoms with van der Waals surface area (Å²) in [5, 5.41) is 0. The summed E-state index contributed by atoms with van der Waals surface area (Å²) in [5.41, 5.74) is 6.30. The summed E-state index contributed by atoms with van der Waals surface area (Å²) in [6.07, 6.45) is 4.27. The molecule has 1 aromatic heterocycles. The molecule has 0 spiro atoms. The van der Waals surface area contributed by atoms with E-state index >= 15 is 0 Å². The van der Waals surface area contributed by atoms with Crippen LogP contribution >= 0.6 is 0 Å². The van der Waals surface area contributed by atoms with Gasteiger partial charge < -0.3 is 10.6 Å². The smallest absolute Gasteiger partial charge is 0.128 e. The summed E-state index contributed by atoms with van der Waals surface area (Å²) in [5.74, 6) is 1.10. The average molecular weight is 232 g/mol. The first kappa shape index (κ1) is 11.0. The van der Waals surface area contributed by atoms with Gasteiger partial charge in [-0.2, -0.15) is 0 Å². The van der Waals surface area contributed by atoms with Gasteiger partial charge in [0.05, 0.1) is 0 Å². The Morgan fingerprint density at radius 2 is 1.94 bits per heavy atom. The van der Waals surface area contributed by atoms with Gasteiger partial charge in [-0.25, -0.2) is 4.98 Å². The molecule has 0 amide bonds. The Morgan fingerprint density at radius 1 is 1.18 bits per heavy atom. The normalized spacial score (nSPS) is 23.7. The van der Waals surface area contributed by atoms with Gasteiger partial charge in [0.1, 0.15) is 5.82 Å². The summed E-state index contributed by atoms with van der Waals surface area (Å²) in [7, 11) is 0. The highest BCUT2D eigenvalue weighted by Gasteiger charge is 2.40. The summed E-state index contributed by atoms with van der Waals surface area (Å²) in [4.78, 5) is 9.24. The lowest BCUT2D eigenvalue weighted by Crippen LogP contribution is -2.50. The highest BCUT2D eigenvalue weighted by atomic mass is 15.3. The predicted molar refractivity (Wildman–Crippen MR) is 69.0 cm³/mol. The highest BCUT2D eigenvalue weighted by molar-refractivity contribution is 5.38. The summed E-state index contributed by atoms with van der Waals surface area (Å²) < 4.78 is 0. The van der Waals surface area contributed by atoms with Gasteiger partial charge in [-0.3, -0.25) is 4.90 Å². The van der Waals surface area contributed by atoms with Crippen molar-refractivity contribution in [2.24, 2.45) is 5.73 Å². The lowest BCUT2D eigenvalue weighted by atomic mass is 10.2. The SMILES string of the molecule is NC1(CN2CCN(c3ccccn3)CC2)CC1. The number of piperazine rings is 1. The zero-order valence-corrected chi connectivity index (χ0v) is 10.2. The van der Waals surface area contributed by atoms with Crippen LogP contribution in [0.3, 0.4) is 0 Å². The first-order chi connectivity index (χ1) is 8.25. The van der Waals surface area contributed by atoms with Crippen molar-refractivity contribution in [3.63, 3.8) is 0 Å². The van der Waals surface area contributed by atoms with Crippen molar-refractivity contribution in [3.05, 3.63) is 24.4 Å². The number of nitrogens with two attached hydrogens (primary N) is 1. The van der Waals surface area contributed by atoms with Crippen molar-refractivity contribution >= 4 is 5.82 Å². The molecule has 1 saturated carbocycles. The molecular formula is C13H20N4. The predicted octanol–water partition coefficient (Wildman–Crippen LogP) is 0.695. The molecule has 0 atom stereocenters. The van der Waals surface area contributed by atoms with E-state index < -0.39 is 0 Å². The Morgan fingerprint density at radius 3 is 2.53 bits per heavy atom. The maximum atomic E-state index is 6.16. The van der Waals surface area contributed by atoms with Gasteiger partial charge in [0.2, 0.25) is 0 Å². The molecule has 1 aliphatic heterocycles. The summed E-state index contributed by atoms with van der Waals surface area (Å²) in [6, 6.07) is 6.10. The van der Waals surface area contributed by atoms with Crippen LogP contribution in [-0.4, -0.2) is 48.1 Å². The zero-order chi connectivity index (χ0) is 11.7. The minimum absolute atomic E-state index is 0.146. The third kappa shape index (κ3) is 2.58. The molecule has 92 valence electrons. The van der Waals surface area contributed by atoms with Crippen LogP contribution in [-0.2, 0) is 0 Å². The topological polar surface area (TPSA) is 45.4 Å². The van der Waals surface area contributed by atoms with Crippen LogP contribution in [0.2, 0.25) is 0 Å². The van der Waals surface area contributed by atoms with Gasteiger partial charge in [-0.05, 0) is 25.0 Å². The molecule has 2 N–H and O–H groups in total. The van der Waals surface area contributed by atoms with E-state index in [-0.39, 0.29) is 5.54 Å². The molecule has 1 aromatic rings. The number of rotatable bonds is 3. The van der Waals surface area contributed by atoms with E-state index in [1.165, 1.54) is 12.8 Å². The van der Waals surface area contributed by atoms with E-state index in [1.807, 2.05) is 18.3 Å². The molecule has 2 aliphatic rings. The van der Waals surface area contributed by atoms with Crippen molar-refractivity contribution in [3.8, 4) is 0 Å². The van der Waals surface area contributed by atoms with Crippen LogP contribution < -0.4 is 10.6 Å². The van der Waals surface area contributed by atoms with Crippen molar-refractivity contribution in [2.75, 3.05) is 37.6 Å². The Labute approximate surface area is 102 Å². The van der Waals surface area contributed by atoms with E-state index in [2.05, 4.69) is 20.9 Å². The number of pyridine rings is 1. The number of aromatic nitrogens is 1. The molecule has 4 nitrogen and oxygen atoms in total. The lowest BCUT2D eigenvalue weighted by Gasteiger charge is -2.36. The van der Waals surface area contributed by atoms with Crippen LogP contribution in [0.5, 0.6) is 0 Å². The standard InChI is InChI=1S/C13H20N4/c14-13(4-5-13)11-16-7-9-17(10-8-16)12-3-1-2-6-15-12/h1-3,6H,4-5,7-11,14H2. The number of hydrogen-bond acceptors (Lipinski definition) is 4. The zero-order valence-electron chi connectivity index (χ0n) is 10.2. The Balaban J connectivity index is 1.54. The fourth-order valence-electron chi connectivity index (χ4n) is 2.44. The van der Waals surface area contributed by atoms with Crippen molar-refractivity contribution < 1.29 is 0 Å². The van der Waals surface area contributed by atoms with Gasteiger partial charge in [-0.15, -0.1) is 0 Å². The molecule has 0 unspecified atom stereocenters. The van der Waals surface area contributed by atoms with Crippen LogP contribution in [0.25, 0.3) is 0 Å². The van der Waals surface area contributed by atoms with E-state index in [9.17, 15) is 0 Å². The fraction of sp³-hybridized carbons (Fsp3) is 0.615. The molecule has 1 saturated heterocycles. The second-order valence-corrected chi connectivity index (χ2v) is 5.31. The molecule has 0 bridgehead atoms. The van der Waals surface area contributed by atoms with Gasteiger partial charge >= 0.3 is 0 Å². The highest BCUT2D eigenvalue weighted by Crippen LogP contribution is 2.33. The van der Waals surface area contributed by atoms with E-state index in [0.29, 0.717) is 0 Å². The van der Waals surface area contributed by atoms with Crippen LogP contribution in [0.15, 0.2) is 24.4 Å². The van der Waals surface area contributed by atoms with E-state index in [0.717, 1.165) is 38.5 Å². The third-order valence-corrected chi connectivity index (χ3v) is 3.78. The van der Waals surface area contributed by atoms with Crippen LogP contribution in [0.1, 0.15) is 12.8 Å². The molecule has 0 radical (unpaired) electrons. The first-order valence-corrected chi connectivity index (χ1v) is 6.42. The molecule has 2 fully saturated rings. The molecule has 4 heteroatoms. The summed E-state index contributed by atoms with van der Waals surface area (Å²) in [6.45, 7) is 5.41. The first-order valence-electron chi connectivity index (χ1n) is 6.42. The van der Waals surface area contributed by atoms with Gasteiger partial charge in [0, 0.05) is 44.5 Å². The van der Waals surface area contributed by atoms with Gasteiger partial charge in [-0.1, -0.05) is 6.07 Å². The lowest BCUT2D eigenvalue weighted by molar-refractivity contribution is 0.236. The molecular weight excluding hydrogens is 212 g/mol. The maximum absolute atomic E-state index is 6.16. The van der Waals surface area contributed by atoms with Crippen LogP contribution in [0.4, 0.5) is 5.82 Å². The second-order valence-electron chi connectivity index (χ2n) is 5.31. The fourth-order valence-corrected chi connectivity index (χ4v) is 2.44. The molecule has 3 rings (SSSR count). The van der Waals surface area contributed by atoms with Crippen molar-refractivity contribution in [1.29, 1.82) is 0 Å². The van der Waals surface area contributed by atoms with Crippen molar-refractivity contribution in [2.45, 2.75) is 18.4 Å². The third-order valence-electron chi connectivity index (χ3n) is 3.78. The second kappa shape index (κ2) is 4.27. The maximum Gasteiger partial charge on any atom is 0.128 e. The molecule has 17 heavy (non-hydrogen) atoms. The summed E-state index contributed by atoms with van der Waals surface area (Å²) >= 11 is 0. The van der Waals surface area contributed by atoms with Crippen LogP contribution in [0, 0.1) is 0 Å². The Kier molecular flexibility index (Phi) is 2.76. The number of hydrogen-bond donors (Lipinski definition) is 1. The molecule has 1 aliphatic carbocycles. The Hall–Kier alpha value is -1.13. The van der Waals surface area contributed by atoms with Crippen molar-refractivity contribution in [1.82, 2.24) is 9.88 Å². The molecule has 0 aromatic carbocycles. The Bertz CT molecular complexity index is 366. The largest absolute Gasteiger partial charge is 0.354 e.